The van der Waals surface area contributed by atoms with E-state index in [0.29, 0.717) is 28.1 Å². The summed E-state index contributed by atoms with van der Waals surface area (Å²) in [5, 5.41) is 2.50. The van der Waals surface area contributed by atoms with Crippen molar-refractivity contribution in [3.63, 3.8) is 0 Å². The van der Waals surface area contributed by atoms with Crippen LogP contribution in [0.15, 0.2) is 53.4 Å². The predicted molar refractivity (Wildman–Crippen MR) is 122 cm³/mol. The van der Waals surface area contributed by atoms with E-state index in [1.54, 1.807) is 12.1 Å². The number of hydrogen-bond acceptors (Lipinski definition) is 7. The van der Waals surface area contributed by atoms with Crippen molar-refractivity contribution in [2.24, 2.45) is 0 Å². The number of imide groups is 1. The highest BCUT2D eigenvalue weighted by Crippen LogP contribution is 2.27. The standard InChI is InChI=1S/C22H20F2N2O5S2/c1-32-11-10-17(26-19(28)15-4-2-3-5-16(15)20(26)29)21(30)31-12-18(27)25-13-6-8-14(9-7-13)33-22(23)24/h2-9,17,22H,10-12H2,1H3,(H,25,27). The number of carbonyl (C=O) groups excluding carboxylic acids is 4. The minimum absolute atomic E-state index is 0.177. The molecule has 0 fully saturated rings. The molecule has 0 radical (unpaired) electrons. The van der Waals surface area contributed by atoms with Gasteiger partial charge in [-0.05, 0) is 54.8 Å². The number of nitrogens with zero attached hydrogens (tertiary/aromatic N) is 1. The summed E-state index contributed by atoms with van der Waals surface area (Å²) in [6, 6.07) is 10.9. The van der Waals surface area contributed by atoms with Gasteiger partial charge < -0.3 is 10.1 Å². The smallest absolute Gasteiger partial charge is 0.329 e. The van der Waals surface area contributed by atoms with Crippen LogP contribution in [0.3, 0.4) is 0 Å². The quantitative estimate of drug-likeness (QED) is 0.304. The van der Waals surface area contributed by atoms with Crippen molar-refractivity contribution < 1.29 is 32.7 Å². The Morgan fingerprint density at radius 1 is 1.03 bits per heavy atom. The zero-order valence-corrected chi connectivity index (χ0v) is 19.1. The van der Waals surface area contributed by atoms with Gasteiger partial charge in [0.2, 0.25) is 0 Å². The first-order valence-corrected chi connectivity index (χ1v) is 12.1. The lowest BCUT2D eigenvalue weighted by Crippen LogP contribution is -2.46. The largest absolute Gasteiger partial charge is 0.454 e. The molecule has 0 aromatic heterocycles. The molecule has 3 rings (SSSR count). The van der Waals surface area contributed by atoms with Gasteiger partial charge in [0.1, 0.15) is 6.04 Å². The number of ether oxygens (including phenoxy) is 1. The van der Waals surface area contributed by atoms with E-state index in [-0.39, 0.29) is 17.5 Å². The van der Waals surface area contributed by atoms with Crippen molar-refractivity contribution in [3.05, 3.63) is 59.7 Å². The molecular formula is C22H20F2N2O5S2. The second-order valence-electron chi connectivity index (χ2n) is 6.88. The monoisotopic (exact) mass is 494 g/mol. The zero-order valence-electron chi connectivity index (χ0n) is 17.5. The number of esters is 1. The van der Waals surface area contributed by atoms with Gasteiger partial charge in [0, 0.05) is 10.6 Å². The maximum Gasteiger partial charge on any atom is 0.329 e. The summed E-state index contributed by atoms with van der Waals surface area (Å²) >= 11 is 1.82. The first kappa shape index (κ1) is 24.7. The molecule has 1 N–H and O–H groups in total. The van der Waals surface area contributed by atoms with Gasteiger partial charge in [-0.2, -0.15) is 20.5 Å². The van der Waals surface area contributed by atoms with E-state index in [4.69, 9.17) is 4.74 Å². The molecule has 1 heterocycles. The van der Waals surface area contributed by atoms with E-state index in [1.165, 1.54) is 48.2 Å². The van der Waals surface area contributed by atoms with Crippen molar-refractivity contribution in [3.8, 4) is 0 Å². The third kappa shape index (κ3) is 6.11. The molecule has 0 saturated carbocycles. The highest BCUT2D eigenvalue weighted by atomic mass is 32.2. The van der Waals surface area contributed by atoms with E-state index in [2.05, 4.69) is 5.32 Å². The molecule has 1 aliphatic rings. The Morgan fingerprint density at radius 3 is 2.18 bits per heavy atom. The van der Waals surface area contributed by atoms with Crippen LogP contribution in [0.1, 0.15) is 27.1 Å². The first-order valence-electron chi connectivity index (χ1n) is 9.79. The summed E-state index contributed by atoms with van der Waals surface area (Å²) in [6.07, 6.45) is 2.00. The topological polar surface area (TPSA) is 92.8 Å². The van der Waals surface area contributed by atoms with Gasteiger partial charge in [-0.15, -0.1) is 0 Å². The maximum atomic E-state index is 12.8. The summed E-state index contributed by atoms with van der Waals surface area (Å²) in [4.78, 5) is 51.7. The number of rotatable bonds is 10. The van der Waals surface area contributed by atoms with Crippen molar-refractivity contribution in [2.45, 2.75) is 23.1 Å². The Hall–Kier alpha value is -2.92. The molecule has 2 aromatic carbocycles. The molecule has 2 aromatic rings. The second kappa shape index (κ2) is 11.3. The SMILES string of the molecule is CSCCC(C(=O)OCC(=O)Nc1ccc(SC(F)F)cc1)N1C(=O)c2ccccc2C1=O. The third-order valence-corrected chi connectivity index (χ3v) is 6.08. The van der Waals surface area contributed by atoms with Crippen LogP contribution in [-0.2, 0) is 14.3 Å². The minimum Gasteiger partial charge on any atom is -0.454 e. The molecule has 1 atom stereocenters. The summed E-state index contributed by atoms with van der Waals surface area (Å²) in [5.41, 5.74) is 0.778. The van der Waals surface area contributed by atoms with E-state index in [9.17, 15) is 28.0 Å². The molecule has 0 saturated heterocycles. The summed E-state index contributed by atoms with van der Waals surface area (Å²) < 4.78 is 29.9. The lowest BCUT2D eigenvalue weighted by molar-refractivity contribution is -0.151. The number of hydrogen-bond donors (Lipinski definition) is 1. The molecule has 0 aliphatic carbocycles. The predicted octanol–water partition coefficient (Wildman–Crippen LogP) is 3.90. The molecule has 33 heavy (non-hydrogen) atoms. The van der Waals surface area contributed by atoms with Gasteiger partial charge in [0.25, 0.3) is 23.5 Å². The zero-order chi connectivity index (χ0) is 24.0. The fourth-order valence-electron chi connectivity index (χ4n) is 3.22. The fraction of sp³-hybridized carbons (Fsp3) is 0.273. The van der Waals surface area contributed by atoms with Gasteiger partial charge in [0.05, 0.1) is 11.1 Å². The van der Waals surface area contributed by atoms with Gasteiger partial charge in [-0.3, -0.25) is 19.3 Å². The molecule has 0 bridgehead atoms. The Labute approximate surface area is 197 Å². The highest BCUT2D eigenvalue weighted by molar-refractivity contribution is 7.99. The fourth-order valence-corrected chi connectivity index (χ4v) is 4.18. The van der Waals surface area contributed by atoms with E-state index < -0.39 is 42.1 Å². The van der Waals surface area contributed by atoms with Crippen LogP contribution in [0.2, 0.25) is 0 Å². The molecule has 11 heteroatoms. The number of fused-ring (bicyclic) bond motifs is 1. The number of alkyl halides is 2. The number of halogens is 2. The van der Waals surface area contributed by atoms with E-state index >= 15 is 0 Å². The second-order valence-corrected chi connectivity index (χ2v) is 8.93. The molecule has 1 unspecified atom stereocenters. The number of amides is 3. The van der Waals surface area contributed by atoms with Crippen LogP contribution in [-0.4, -0.2) is 59.0 Å². The first-order chi connectivity index (χ1) is 15.8. The third-order valence-electron chi connectivity index (χ3n) is 4.71. The summed E-state index contributed by atoms with van der Waals surface area (Å²) in [7, 11) is 0. The molecule has 1 aliphatic heterocycles. The average molecular weight is 495 g/mol. The molecule has 7 nitrogen and oxygen atoms in total. The van der Waals surface area contributed by atoms with Gasteiger partial charge in [0.15, 0.2) is 6.61 Å². The van der Waals surface area contributed by atoms with Crippen LogP contribution in [0, 0.1) is 0 Å². The van der Waals surface area contributed by atoms with Crippen molar-refractivity contribution >= 4 is 52.9 Å². The Balaban J connectivity index is 1.62. The van der Waals surface area contributed by atoms with Crippen LogP contribution in [0.4, 0.5) is 14.5 Å². The van der Waals surface area contributed by atoms with Crippen LogP contribution < -0.4 is 5.32 Å². The number of anilines is 1. The molecule has 0 spiro atoms. The molecule has 174 valence electrons. The average Bonchev–Trinajstić information content (AvgIpc) is 3.04. The van der Waals surface area contributed by atoms with Crippen molar-refractivity contribution in [1.82, 2.24) is 4.90 Å². The normalized spacial score (nSPS) is 13.8. The minimum atomic E-state index is -2.55. The Bertz CT molecular complexity index is 1010. The van der Waals surface area contributed by atoms with E-state index in [1.807, 2.05) is 6.26 Å². The maximum absolute atomic E-state index is 12.8. The van der Waals surface area contributed by atoms with Crippen LogP contribution in [0.25, 0.3) is 0 Å². The lowest BCUT2D eigenvalue weighted by atomic mass is 10.1. The Morgan fingerprint density at radius 2 is 1.64 bits per heavy atom. The van der Waals surface area contributed by atoms with Crippen LogP contribution >= 0.6 is 23.5 Å². The lowest BCUT2D eigenvalue weighted by Gasteiger charge is -2.24. The van der Waals surface area contributed by atoms with Crippen molar-refractivity contribution in [2.75, 3.05) is 23.9 Å². The number of benzene rings is 2. The number of carbonyl (C=O) groups is 4. The highest BCUT2D eigenvalue weighted by Gasteiger charge is 2.43. The number of nitrogens with one attached hydrogen (secondary N) is 1. The summed E-state index contributed by atoms with van der Waals surface area (Å²) in [5.74, 6) is -4.73. The van der Waals surface area contributed by atoms with Gasteiger partial charge in [-0.25, -0.2) is 4.79 Å². The molecule has 3 amide bonds. The number of thioether (sulfide) groups is 2. The molecular weight excluding hydrogens is 474 g/mol. The van der Waals surface area contributed by atoms with Gasteiger partial charge in [-0.1, -0.05) is 23.9 Å². The van der Waals surface area contributed by atoms with Gasteiger partial charge >= 0.3 is 5.97 Å². The summed E-state index contributed by atoms with van der Waals surface area (Å²) in [6.45, 7) is -0.634. The van der Waals surface area contributed by atoms with Crippen LogP contribution in [0.5, 0.6) is 0 Å². The van der Waals surface area contributed by atoms with E-state index in [0.717, 1.165) is 4.90 Å². The Kier molecular flexibility index (Phi) is 8.45. The van der Waals surface area contributed by atoms with Crippen molar-refractivity contribution in [1.29, 1.82) is 0 Å².